The number of rotatable bonds is 4. The summed E-state index contributed by atoms with van der Waals surface area (Å²) >= 11 is 6.09. The molecule has 0 aliphatic carbocycles. The van der Waals surface area contributed by atoms with E-state index in [2.05, 4.69) is 10.4 Å². The van der Waals surface area contributed by atoms with Crippen LogP contribution in [0.25, 0.3) is 5.69 Å². The molecule has 2 aromatic rings. The fraction of sp³-hybridized carbons (Fsp3) is 0.353. The minimum atomic E-state index is -0.00501. The van der Waals surface area contributed by atoms with Crippen molar-refractivity contribution in [3.05, 3.63) is 41.7 Å². The van der Waals surface area contributed by atoms with Crippen molar-refractivity contribution in [2.24, 2.45) is 0 Å². The number of carbonyl (C=O) groups is 2. The summed E-state index contributed by atoms with van der Waals surface area (Å²) < 4.78 is 1.72. The second-order valence-electron chi connectivity index (χ2n) is 5.85. The number of hydrogen-bond donors (Lipinski definition) is 1. The smallest absolute Gasteiger partial charge is 0.241 e. The first kappa shape index (κ1) is 17.3. The van der Waals surface area contributed by atoms with Gasteiger partial charge in [0.15, 0.2) is 0 Å². The lowest BCUT2D eigenvalue weighted by Crippen LogP contribution is -2.51. The molecule has 1 fully saturated rings. The molecule has 2 heterocycles. The highest BCUT2D eigenvalue weighted by Gasteiger charge is 2.22. The second-order valence-corrected chi connectivity index (χ2v) is 6.29. The predicted molar refractivity (Wildman–Crippen MR) is 95.9 cm³/mol. The maximum Gasteiger partial charge on any atom is 0.241 e. The molecular formula is C17H20ClN5O2. The lowest BCUT2D eigenvalue weighted by molar-refractivity contribution is -0.137. The van der Waals surface area contributed by atoms with E-state index in [0.717, 1.165) is 11.4 Å². The van der Waals surface area contributed by atoms with E-state index in [1.807, 2.05) is 18.3 Å². The van der Waals surface area contributed by atoms with Crippen molar-refractivity contribution < 1.29 is 9.59 Å². The Labute approximate surface area is 151 Å². The molecule has 25 heavy (non-hydrogen) atoms. The number of hydrogen-bond acceptors (Lipinski definition) is 4. The largest absolute Gasteiger partial charge is 0.374 e. The van der Waals surface area contributed by atoms with Crippen LogP contribution in [0.2, 0.25) is 5.02 Å². The van der Waals surface area contributed by atoms with E-state index in [0.29, 0.717) is 31.2 Å². The van der Waals surface area contributed by atoms with Crippen molar-refractivity contribution >= 4 is 29.1 Å². The number of benzene rings is 1. The highest BCUT2D eigenvalue weighted by atomic mass is 35.5. The quantitative estimate of drug-likeness (QED) is 0.898. The van der Waals surface area contributed by atoms with E-state index in [1.165, 1.54) is 0 Å². The maximum absolute atomic E-state index is 12.4. The Kier molecular flexibility index (Phi) is 5.23. The third-order valence-electron chi connectivity index (χ3n) is 4.22. The summed E-state index contributed by atoms with van der Waals surface area (Å²) in [5.41, 5.74) is 1.57. The van der Waals surface area contributed by atoms with Crippen LogP contribution in [0.15, 0.2) is 36.7 Å². The van der Waals surface area contributed by atoms with Gasteiger partial charge in [0.2, 0.25) is 11.8 Å². The summed E-state index contributed by atoms with van der Waals surface area (Å²) in [5, 5.41) is 7.96. The van der Waals surface area contributed by atoms with Crippen molar-refractivity contribution in [1.82, 2.24) is 19.6 Å². The Hall–Kier alpha value is -2.54. The lowest BCUT2D eigenvalue weighted by Gasteiger charge is -2.34. The average Bonchev–Trinajstić information content (AvgIpc) is 3.14. The number of anilines is 1. The zero-order chi connectivity index (χ0) is 17.8. The molecule has 1 aromatic heterocycles. The number of amides is 2. The zero-order valence-electron chi connectivity index (χ0n) is 14.0. The fourth-order valence-electron chi connectivity index (χ4n) is 2.81. The Morgan fingerprint density at radius 2 is 1.92 bits per heavy atom. The van der Waals surface area contributed by atoms with Crippen molar-refractivity contribution in [2.45, 2.75) is 6.92 Å². The van der Waals surface area contributed by atoms with E-state index in [1.54, 1.807) is 39.7 Å². The SMILES string of the molecule is CC(=O)N1CCN(C(=O)CNc2cc(Cl)ccc2-n2cccn2)CC1. The van der Waals surface area contributed by atoms with Gasteiger partial charge in [0.1, 0.15) is 0 Å². The van der Waals surface area contributed by atoms with Crippen LogP contribution in [0.3, 0.4) is 0 Å². The summed E-state index contributed by atoms with van der Waals surface area (Å²) in [6, 6.07) is 7.25. The van der Waals surface area contributed by atoms with Gasteiger partial charge in [0.05, 0.1) is 17.9 Å². The molecule has 1 aliphatic rings. The molecule has 132 valence electrons. The second kappa shape index (κ2) is 7.57. The first-order valence-corrected chi connectivity index (χ1v) is 8.49. The van der Waals surface area contributed by atoms with Gasteiger partial charge in [-0.1, -0.05) is 11.6 Å². The Balaban J connectivity index is 1.63. The molecule has 3 rings (SSSR count). The van der Waals surface area contributed by atoms with Crippen molar-refractivity contribution in [3.8, 4) is 5.69 Å². The molecule has 0 radical (unpaired) electrons. The first-order valence-electron chi connectivity index (χ1n) is 8.11. The number of halogens is 1. The van der Waals surface area contributed by atoms with Gasteiger partial charge in [-0.15, -0.1) is 0 Å². The van der Waals surface area contributed by atoms with E-state index in [9.17, 15) is 9.59 Å². The van der Waals surface area contributed by atoms with Gasteiger partial charge in [-0.2, -0.15) is 5.10 Å². The predicted octanol–water partition coefficient (Wildman–Crippen LogP) is 1.63. The summed E-state index contributed by atoms with van der Waals surface area (Å²) in [5.74, 6) is 0.0441. The Morgan fingerprint density at radius 3 is 2.56 bits per heavy atom. The number of piperazine rings is 1. The van der Waals surface area contributed by atoms with Gasteiger partial charge >= 0.3 is 0 Å². The van der Waals surface area contributed by atoms with Crippen LogP contribution in [-0.4, -0.2) is 64.1 Å². The van der Waals surface area contributed by atoms with Crippen LogP contribution < -0.4 is 5.32 Å². The molecule has 1 saturated heterocycles. The molecule has 0 unspecified atom stereocenters. The zero-order valence-corrected chi connectivity index (χ0v) is 14.7. The first-order chi connectivity index (χ1) is 12.0. The molecule has 1 N–H and O–H groups in total. The molecule has 0 saturated carbocycles. The fourth-order valence-corrected chi connectivity index (χ4v) is 2.99. The Morgan fingerprint density at radius 1 is 1.20 bits per heavy atom. The number of nitrogens with one attached hydrogen (secondary N) is 1. The highest BCUT2D eigenvalue weighted by Crippen LogP contribution is 2.24. The molecule has 1 aromatic carbocycles. The van der Waals surface area contributed by atoms with E-state index in [-0.39, 0.29) is 18.4 Å². The average molecular weight is 362 g/mol. The van der Waals surface area contributed by atoms with E-state index in [4.69, 9.17) is 11.6 Å². The van der Waals surface area contributed by atoms with Gasteiger partial charge in [-0.25, -0.2) is 4.68 Å². The van der Waals surface area contributed by atoms with Crippen LogP contribution in [0.1, 0.15) is 6.92 Å². The van der Waals surface area contributed by atoms with Crippen LogP contribution in [0.4, 0.5) is 5.69 Å². The van der Waals surface area contributed by atoms with Crippen molar-refractivity contribution in [1.29, 1.82) is 0 Å². The van der Waals surface area contributed by atoms with E-state index >= 15 is 0 Å². The normalized spacial score (nSPS) is 14.5. The van der Waals surface area contributed by atoms with Gasteiger partial charge in [0.25, 0.3) is 0 Å². The third-order valence-corrected chi connectivity index (χ3v) is 4.45. The van der Waals surface area contributed by atoms with Gasteiger partial charge < -0.3 is 15.1 Å². The summed E-state index contributed by atoms with van der Waals surface area (Å²) in [7, 11) is 0. The van der Waals surface area contributed by atoms with Gasteiger partial charge in [-0.05, 0) is 24.3 Å². The van der Waals surface area contributed by atoms with Crippen molar-refractivity contribution in [2.75, 3.05) is 38.0 Å². The van der Waals surface area contributed by atoms with E-state index < -0.39 is 0 Å². The number of nitrogens with zero attached hydrogens (tertiary/aromatic N) is 4. The van der Waals surface area contributed by atoms with Crippen LogP contribution in [0.5, 0.6) is 0 Å². The molecule has 0 bridgehead atoms. The molecule has 0 atom stereocenters. The van der Waals surface area contributed by atoms with Crippen LogP contribution in [0, 0.1) is 0 Å². The lowest BCUT2D eigenvalue weighted by atomic mass is 10.2. The minimum absolute atomic E-state index is 0.00501. The summed E-state index contributed by atoms with van der Waals surface area (Å²) in [6.07, 6.45) is 3.52. The standard InChI is InChI=1S/C17H20ClN5O2/c1-13(24)21-7-9-22(10-8-21)17(25)12-19-15-11-14(18)3-4-16(15)23-6-2-5-20-23/h2-6,11,19H,7-10,12H2,1H3. The maximum atomic E-state index is 12.4. The molecule has 8 heteroatoms. The third kappa shape index (κ3) is 4.11. The van der Waals surface area contributed by atoms with Crippen LogP contribution in [-0.2, 0) is 9.59 Å². The summed E-state index contributed by atoms with van der Waals surface area (Å²) in [6.45, 7) is 3.99. The number of carbonyl (C=O) groups excluding carboxylic acids is 2. The van der Waals surface area contributed by atoms with Crippen molar-refractivity contribution in [3.63, 3.8) is 0 Å². The highest BCUT2D eigenvalue weighted by molar-refractivity contribution is 6.31. The molecule has 2 amide bonds. The van der Waals surface area contributed by atoms with Gasteiger partial charge in [-0.3, -0.25) is 9.59 Å². The summed E-state index contributed by atoms with van der Waals surface area (Å²) in [4.78, 5) is 27.3. The monoisotopic (exact) mass is 361 g/mol. The Bertz CT molecular complexity index is 754. The number of aromatic nitrogens is 2. The van der Waals surface area contributed by atoms with Gasteiger partial charge in [0, 0.05) is 50.5 Å². The minimum Gasteiger partial charge on any atom is -0.374 e. The molecule has 0 spiro atoms. The topological polar surface area (TPSA) is 70.5 Å². The molecular weight excluding hydrogens is 342 g/mol. The molecule has 1 aliphatic heterocycles. The van der Waals surface area contributed by atoms with Crippen LogP contribution >= 0.6 is 11.6 Å². The molecule has 7 nitrogen and oxygen atoms in total.